The number of para-hydroxylation sites is 2. The number of anilines is 1. The van der Waals surface area contributed by atoms with Gasteiger partial charge in [0.05, 0.1) is 33.6 Å². The molecule has 8 nitrogen and oxygen atoms in total. The van der Waals surface area contributed by atoms with Gasteiger partial charge >= 0.3 is 0 Å². The van der Waals surface area contributed by atoms with Crippen LogP contribution in [0.5, 0.6) is 23.0 Å². The molecule has 1 aliphatic heterocycles. The quantitative estimate of drug-likeness (QED) is 0.519. The van der Waals surface area contributed by atoms with Crippen LogP contribution in [0.3, 0.4) is 0 Å². The van der Waals surface area contributed by atoms with Crippen LogP contribution in [-0.4, -0.2) is 70.0 Å². The van der Waals surface area contributed by atoms with Crippen LogP contribution in [0.1, 0.15) is 12.5 Å². The van der Waals surface area contributed by atoms with E-state index in [1.54, 1.807) is 27.4 Å². The van der Waals surface area contributed by atoms with Gasteiger partial charge in [0.15, 0.2) is 17.5 Å². The standard InChI is InChI=1S/C23H32N4O4/c1-5-24-23(25-16-17-14-20(29-2)22(31-4)21(15-17)30-3)27-12-10-26(11-13-27)18-8-6-7-9-19(18)28/h6-9,14-15,28H,5,10-13,16H2,1-4H3,(H,24,25). The fourth-order valence-corrected chi connectivity index (χ4v) is 3.71. The van der Waals surface area contributed by atoms with Gasteiger partial charge in [0, 0.05) is 32.7 Å². The number of guanidine groups is 1. The minimum Gasteiger partial charge on any atom is -0.506 e. The molecule has 0 unspecified atom stereocenters. The van der Waals surface area contributed by atoms with E-state index in [0.29, 0.717) is 29.5 Å². The van der Waals surface area contributed by atoms with E-state index in [1.165, 1.54) is 0 Å². The Morgan fingerprint density at radius 3 is 2.19 bits per heavy atom. The maximum Gasteiger partial charge on any atom is 0.203 e. The molecule has 168 valence electrons. The van der Waals surface area contributed by atoms with Crippen LogP contribution in [0.25, 0.3) is 0 Å². The van der Waals surface area contributed by atoms with E-state index in [-0.39, 0.29) is 0 Å². The van der Waals surface area contributed by atoms with Crippen LogP contribution < -0.4 is 24.4 Å². The molecule has 0 aromatic heterocycles. The summed E-state index contributed by atoms with van der Waals surface area (Å²) in [7, 11) is 4.81. The maximum atomic E-state index is 10.1. The van der Waals surface area contributed by atoms with Gasteiger partial charge in [-0.3, -0.25) is 0 Å². The lowest BCUT2D eigenvalue weighted by Gasteiger charge is -2.37. The number of aliphatic imine (C=N–C) groups is 1. The van der Waals surface area contributed by atoms with Crippen molar-refractivity contribution in [2.75, 3.05) is 59.0 Å². The van der Waals surface area contributed by atoms with Crippen LogP contribution >= 0.6 is 0 Å². The fraction of sp³-hybridized carbons (Fsp3) is 0.435. The monoisotopic (exact) mass is 428 g/mol. The molecule has 3 rings (SSSR count). The average molecular weight is 429 g/mol. The van der Waals surface area contributed by atoms with E-state index in [1.807, 2.05) is 30.3 Å². The molecule has 1 fully saturated rings. The second-order valence-electron chi connectivity index (χ2n) is 7.17. The number of ether oxygens (including phenoxy) is 3. The van der Waals surface area contributed by atoms with E-state index in [0.717, 1.165) is 49.9 Å². The van der Waals surface area contributed by atoms with Crippen molar-refractivity contribution >= 4 is 11.6 Å². The number of aromatic hydroxyl groups is 1. The van der Waals surface area contributed by atoms with Crippen molar-refractivity contribution in [1.82, 2.24) is 10.2 Å². The third kappa shape index (κ3) is 5.25. The molecule has 31 heavy (non-hydrogen) atoms. The second kappa shape index (κ2) is 10.7. The smallest absolute Gasteiger partial charge is 0.203 e. The van der Waals surface area contributed by atoms with Crippen molar-refractivity contribution in [1.29, 1.82) is 0 Å². The number of hydrogen-bond donors (Lipinski definition) is 2. The summed E-state index contributed by atoms with van der Waals surface area (Å²) in [6, 6.07) is 11.3. The summed E-state index contributed by atoms with van der Waals surface area (Å²) in [6.45, 7) is 6.59. The van der Waals surface area contributed by atoms with Crippen LogP contribution in [-0.2, 0) is 6.54 Å². The molecule has 0 radical (unpaired) electrons. The average Bonchev–Trinajstić information content (AvgIpc) is 2.81. The minimum absolute atomic E-state index is 0.318. The van der Waals surface area contributed by atoms with Gasteiger partial charge in [-0.25, -0.2) is 4.99 Å². The molecular weight excluding hydrogens is 396 g/mol. The lowest BCUT2D eigenvalue weighted by atomic mass is 10.2. The zero-order valence-electron chi connectivity index (χ0n) is 18.7. The Labute approximate surface area is 184 Å². The Hall–Kier alpha value is -3.29. The number of nitrogens with zero attached hydrogens (tertiary/aromatic N) is 3. The predicted molar refractivity (Wildman–Crippen MR) is 123 cm³/mol. The molecule has 0 amide bonds. The van der Waals surface area contributed by atoms with Gasteiger partial charge in [-0.2, -0.15) is 0 Å². The number of methoxy groups -OCH3 is 3. The number of benzene rings is 2. The highest BCUT2D eigenvalue weighted by Crippen LogP contribution is 2.38. The molecule has 8 heteroatoms. The van der Waals surface area contributed by atoms with Gasteiger partial charge in [0.25, 0.3) is 0 Å². The summed E-state index contributed by atoms with van der Waals surface area (Å²) in [5.74, 6) is 3.00. The fourth-order valence-electron chi connectivity index (χ4n) is 3.71. The lowest BCUT2D eigenvalue weighted by molar-refractivity contribution is 0.324. The molecule has 0 bridgehead atoms. The molecule has 1 heterocycles. The molecule has 0 saturated carbocycles. The summed E-state index contributed by atoms with van der Waals surface area (Å²) >= 11 is 0. The first kappa shape index (κ1) is 22.4. The first-order chi connectivity index (χ1) is 15.1. The van der Waals surface area contributed by atoms with Crippen molar-refractivity contribution in [3.63, 3.8) is 0 Å². The van der Waals surface area contributed by atoms with Gasteiger partial charge in [-0.1, -0.05) is 12.1 Å². The topological polar surface area (TPSA) is 78.8 Å². The maximum absolute atomic E-state index is 10.1. The first-order valence-electron chi connectivity index (χ1n) is 10.5. The number of phenols is 1. The van der Waals surface area contributed by atoms with E-state index in [9.17, 15) is 5.11 Å². The Morgan fingerprint density at radius 1 is 1.00 bits per heavy atom. The van der Waals surface area contributed by atoms with Crippen molar-refractivity contribution in [3.8, 4) is 23.0 Å². The Balaban J connectivity index is 1.72. The molecule has 0 spiro atoms. The first-order valence-corrected chi connectivity index (χ1v) is 10.5. The number of rotatable bonds is 7. The molecule has 1 saturated heterocycles. The van der Waals surface area contributed by atoms with Crippen molar-refractivity contribution in [2.24, 2.45) is 4.99 Å². The minimum atomic E-state index is 0.318. The molecular formula is C23H32N4O4. The van der Waals surface area contributed by atoms with Gasteiger partial charge in [-0.05, 0) is 36.8 Å². The van der Waals surface area contributed by atoms with E-state index >= 15 is 0 Å². The zero-order chi connectivity index (χ0) is 22.2. The summed E-state index contributed by atoms with van der Waals surface area (Å²) < 4.78 is 16.3. The van der Waals surface area contributed by atoms with Crippen molar-refractivity contribution < 1.29 is 19.3 Å². The number of nitrogens with one attached hydrogen (secondary N) is 1. The summed E-state index contributed by atoms with van der Waals surface area (Å²) in [4.78, 5) is 9.29. The van der Waals surface area contributed by atoms with Crippen molar-refractivity contribution in [3.05, 3.63) is 42.0 Å². The highest BCUT2D eigenvalue weighted by Gasteiger charge is 2.21. The van der Waals surface area contributed by atoms with Gasteiger partial charge in [-0.15, -0.1) is 0 Å². The van der Waals surface area contributed by atoms with E-state index < -0.39 is 0 Å². The number of hydrogen-bond acceptors (Lipinski definition) is 6. The Bertz CT molecular complexity index is 870. The highest BCUT2D eigenvalue weighted by molar-refractivity contribution is 5.80. The summed E-state index contributed by atoms with van der Waals surface area (Å²) in [6.07, 6.45) is 0. The van der Waals surface area contributed by atoms with Crippen LogP contribution in [0.15, 0.2) is 41.4 Å². The molecule has 0 aliphatic carbocycles. The Kier molecular flexibility index (Phi) is 7.70. The van der Waals surface area contributed by atoms with Gasteiger partial charge in [0.2, 0.25) is 5.75 Å². The summed E-state index contributed by atoms with van der Waals surface area (Å²) in [5, 5.41) is 13.5. The highest BCUT2D eigenvalue weighted by atomic mass is 16.5. The van der Waals surface area contributed by atoms with Crippen molar-refractivity contribution in [2.45, 2.75) is 13.5 Å². The molecule has 2 aromatic rings. The molecule has 2 N–H and O–H groups in total. The third-order valence-corrected chi connectivity index (χ3v) is 5.27. The van der Waals surface area contributed by atoms with Crippen LogP contribution in [0.4, 0.5) is 5.69 Å². The van der Waals surface area contributed by atoms with Gasteiger partial charge < -0.3 is 34.4 Å². The SMILES string of the molecule is CCNC(=NCc1cc(OC)c(OC)c(OC)c1)N1CCN(c2ccccc2O)CC1. The summed E-state index contributed by atoms with van der Waals surface area (Å²) in [5.41, 5.74) is 1.85. The molecule has 0 atom stereocenters. The molecule has 2 aromatic carbocycles. The normalized spacial score (nSPS) is 14.4. The second-order valence-corrected chi connectivity index (χ2v) is 7.17. The van der Waals surface area contributed by atoms with Crippen LogP contribution in [0, 0.1) is 0 Å². The lowest BCUT2D eigenvalue weighted by Crippen LogP contribution is -2.52. The van der Waals surface area contributed by atoms with E-state index in [2.05, 4.69) is 22.0 Å². The third-order valence-electron chi connectivity index (χ3n) is 5.27. The number of phenolic OH excluding ortho intramolecular Hbond substituents is 1. The van der Waals surface area contributed by atoms with E-state index in [4.69, 9.17) is 19.2 Å². The predicted octanol–water partition coefficient (Wildman–Crippen LogP) is 2.71. The molecule has 1 aliphatic rings. The van der Waals surface area contributed by atoms with Crippen LogP contribution in [0.2, 0.25) is 0 Å². The Morgan fingerprint density at radius 2 is 1.65 bits per heavy atom. The number of piperazine rings is 1. The van der Waals surface area contributed by atoms with Gasteiger partial charge in [0.1, 0.15) is 5.75 Å². The zero-order valence-corrected chi connectivity index (χ0v) is 18.7. The largest absolute Gasteiger partial charge is 0.506 e.